The second-order valence-electron chi connectivity index (χ2n) is 21.6. The molecule has 0 spiro atoms. The lowest BCUT2D eigenvalue weighted by Gasteiger charge is -2.22. The third kappa shape index (κ3) is 11.9. The Morgan fingerprint density at radius 1 is 0.321 bits per heavy atom. The van der Waals surface area contributed by atoms with Crippen molar-refractivity contribution in [3.63, 3.8) is 0 Å². The number of H-pyrrole nitrogens is 2. The molecule has 0 amide bonds. The van der Waals surface area contributed by atoms with Gasteiger partial charge in [-0.3, -0.25) is 0 Å². The Morgan fingerprint density at radius 2 is 0.548 bits per heavy atom. The van der Waals surface area contributed by atoms with Crippen molar-refractivity contribution in [2.45, 2.75) is 102 Å². The molecule has 7 aromatic rings. The number of aromatic amines is 2. The first kappa shape index (κ1) is 54.4. The first-order chi connectivity index (χ1) is 41.2. The van der Waals surface area contributed by atoms with Gasteiger partial charge < -0.3 is 47.9 Å². The molecule has 0 radical (unpaired) electrons. The average Bonchev–Trinajstić information content (AvgIpc) is 4.30. The van der Waals surface area contributed by atoms with E-state index in [4.69, 9.17) is 47.9 Å². The van der Waals surface area contributed by atoms with Crippen molar-refractivity contribution >= 4 is 70.2 Å². The highest BCUT2D eigenvalue weighted by Gasteiger charge is 2.26. The summed E-state index contributed by atoms with van der Waals surface area (Å²) in [6.45, 7) is 2.19. The summed E-state index contributed by atoms with van der Waals surface area (Å²) in [6.07, 6.45) is 15.5. The topological polar surface area (TPSA) is 199 Å². The van der Waals surface area contributed by atoms with Gasteiger partial charge in [-0.25, -0.2) is 29.1 Å². The van der Waals surface area contributed by atoms with Crippen molar-refractivity contribution in [3.05, 3.63) is 166 Å². The fourth-order valence-electron chi connectivity index (χ4n) is 11.5. The molecule has 16 nitrogen and oxygen atoms in total. The summed E-state index contributed by atoms with van der Waals surface area (Å²) in [7, 11) is 0. The van der Waals surface area contributed by atoms with Crippen molar-refractivity contribution in [1.29, 1.82) is 0 Å². The Balaban J connectivity index is 0.990. The molecule has 3 aromatic heterocycles. The van der Waals surface area contributed by atoms with Crippen LogP contribution in [0.2, 0.25) is 0 Å². The Kier molecular flexibility index (Phi) is 15.9. The fourth-order valence-corrected chi connectivity index (χ4v) is 11.5. The van der Waals surface area contributed by atoms with E-state index in [9.17, 15) is 19.2 Å². The van der Waals surface area contributed by atoms with E-state index in [1.165, 1.54) is 0 Å². The summed E-state index contributed by atoms with van der Waals surface area (Å²) in [4.78, 5) is 72.3. The van der Waals surface area contributed by atoms with Crippen LogP contribution in [0.15, 0.2) is 121 Å². The second kappa shape index (κ2) is 24.6. The molecule has 6 aliphatic rings. The van der Waals surface area contributed by atoms with Gasteiger partial charge in [0.2, 0.25) is 25.2 Å². The highest BCUT2D eigenvalue weighted by molar-refractivity contribution is 6.01. The molecule has 4 atom stereocenters. The van der Waals surface area contributed by atoms with E-state index >= 15 is 0 Å². The van der Waals surface area contributed by atoms with Gasteiger partial charge in [0.05, 0.1) is 71.5 Å². The van der Waals surface area contributed by atoms with Crippen molar-refractivity contribution < 1.29 is 57.1 Å². The smallest absolute Gasteiger partial charge is 0.340 e. The highest BCUT2D eigenvalue weighted by atomic mass is 16.7. The Hall–Kier alpha value is -8.80. The Bertz CT molecular complexity index is 3350. The number of ether oxygens (including phenoxy) is 8. The summed E-state index contributed by atoms with van der Waals surface area (Å²) in [5.74, 6) is -1.88. The van der Waals surface area contributed by atoms with E-state index in [2.05, 4.69) is 9.97 Å². The summed E-state index contributed by atoms with van der Waals surface area (Å²) in [5.41, 5.74) is 13.0. The first-order valence-corrected chi connectivity index (χ1v) is 29.1. The van der Waals surface area contributed by atoms with Crippen LogP contribution in [0, 0.1) is 0 Å². The van der Waals surface area contributed by atoms with Crippen LogP contribution >= 0.6 is 0 Å². The lowest BCUT2D eigenvalue weighted by molar-refractivity contribution is -0.131. The quantitative estimate of drug-likeness (QED) is 0.0864. The van der Waals surface area contributed by atoms with Crippen LogP contribution < -0.4 is 0 Å². The minimum Gasteiger partial charge on any atom is -0.432 e. The van der Waals surface area contributed by atoms with Gasteiger partial charge in [0.15, 0.2) is 0 Å². The molecule has 4 fully saturated rings. The minimum atomic E-state index is -0.588. The normalized spacial score (nSPS) is 19.5. The maximum Gasteiger partial charge on any atom is 0.340 e. The third-order valence-corrected chi connectivity index (χ3v) is 15.9. The van der Waals surface area contributed by atoms with Crippen LogP contribution in [-0.4, -0.2) is 95.4 Å². The summed E-state index contributed by atoms with van der Waals surface area (Å²) >= 11 is 0. The standard InChI is InChI=1S/C68H62N4O12/c73-65(81-57-9-1-5-37-77-57)45-21-13-41(14-22-45)61-49-29-31-51(69-49)62(42-15-23-46(24-16-42)66(74)82-58-10-2-6-38-78-58)53-33-35-55(71-53)64(44-19-27-48(28-20-44)68(76)84-60-12-4-8-40-80-60)56-36-34-54(72-56)63(52-32-30-50(61)70-52)43-17-25-47(26-18-43)67(75)83-59-11-3-7-39-79-59/h13-36,57-60,69,72H,1-12,37-40H2. The number of carbonyl (C=O) groups excluding carboxylic acids is 4. The van der Waals surface area contributed by atoms with E-state index in [1.54, 1.807) is 48.5 Å². The highest BCUT2D eigenvalue weighted by Crippen LogP contribution is 2.39. The number of esters is 4. The molecule has 426 valence electrons. The van der Waals surface area contributed by atoms with Gasteiger partial charge >= 0.3 is 23.9 Å². The van der Waals surface area contributed by atoms with Crippen LogP contribution in [0.25, 0.3) is 90.9 Å². The van der Waals surface area contributed by atoms with Gasteiger partial charge in [-0.05, 0) is 171 Å². The zero-order chi connectivity index (χ0) is 56.9. The molecule has 9 heterocycles. The zero-order valence-electron chi connectivity index (χ0n) is 46.3. The molecule has 0 saturated carbocycles. The van der Waals surface area contributed by atoms with Crippen LogP contribution in [0.4, 0.5) is 0 Å². The predicted molar refractivity (Wildman–Crippen MR) is 317 cm³/mol. The summed E-state index contributed by atoms with van der Waals surface area (Å²) < 4.78 is 46.0. The number of aromatic nitrogens is 4. The SMILES string of the molecule is O=C(OC1CCCCO1)c1ccc(-c2c3nc(c(-c4ccc(C(=O)OC5CCCCO5)cc4)c4ccc([nH]4)c(-c4ccc(C(=O)OC5CCCCO5)cc4)c4nc(c(-c5ccc(C(=O)OC6CCCCO6)cc5)c5ccc2[nH]5)C=C4)C=C3)cc1. The predicted octanol–water partition coefficient (Wildman–Crippen LogP) is 14.1. The van der Waals surface area contributed by atoms with Gasteiger partial charge in [-0.1, -0.05) is 48.5 Å². The van der Waals surface area contributed by atoms with Gasteiger partial charge in [0, 0.05) is 70.0 Å². The molecule has 6 aliphatic heterocycles. The molecule has 8 bridgehead atoms. The third-order valence-electron chi connectivity index (χ3n) is 15.9. The lowest BCUT2D eigenvalue weighted by Crippen LogP contribution is -2.25. The van der Waals surface area contributed by atoms with Gasteiger partial charge in [-0.2, -0.15) is 0 Å². The molecule has 2 N–H and O–H groups in total. The maximum atomic E-state index is 13.5. The summed E-state index contributed by atoms with van der Waals surface area (Å²) in [6, 6.07) is 37.2. The Labute approximate surface area is 484 Å². The van der Waals surface area contributed by atoms with Crippen molar-refractivity contribution in [1.82, 2.24) is 19.9 Å². The average molecular weight is 1130 g/mol. The second-order valence-corrected chi connectivity index (χ2v) is 21.6. The van der Waals surface area contributed by atoms with E-state index in [0.717, 1.165) is 118 Å². The lowest BCUT2D eigenvalue weighted by atomic mass is 10.0. The number of carbonyl (C=O) groups is 4. The van der Waals surface area contributed by atoms with Crippen molar-refractivity contribution in [2.75, 3.05) is 26.4 Å². The molecule has 13 rings (SSSR count). The number of hydrogen-bond acceptors (Lipinski definition) is 14. The van der Waals surface area contributed by atoms with Crippen LogP contribution in [0.1, 0.15) is 141 Å². The maximum absolute atomic E-state index is 13.5. The van der Waals surface area contributed by atoms with Crippen LogP contribution in [0.3, 0.4) is 0 Å². The number of hydrogen-bond donors (Lipinski definition) is 2. The largest absolute Gasteiger partial charge is 0.432 e. The number of nitrogens with one attached hydrogen (secondary N) is 2. The molecule has 0 aliphatic carbocycles. The molecule has 4 saturated heterocycles. The van der Waals surface area contributed by atoms with E-state index < -0.39 is 49.0 Å². The Morgan fingerprint density at radius 3 is 0.750 bits per heavy atom. The molecular weight excluding hydrogens is 1060 g/mol. The van der Waals surface area contributed by atoms with E-state index in [0.29, 0.717) is 97.1 Å². The number of fused-ring (bicyclic) bond motifs is 8. The van der Waals surface area contributed by atoms with E-state index in [1.807, 2.05) is 97.1 Å². The van der Waals surface area contributed by atoms with Crippen LogP contribution in [0.5, 0.6) is 0 Å². The minimum absolute atomic E-state index is 0.383. The van der Waals surface area contributed by atoms with Gasteiger partial charge in [0.25, 0.3) is 0 Å². The number of benzene rings is 4. The van der Waals surface area contributed by atoms with Gasteiger partial charge in [-0.15, -0.1) is 0 Å². The van der Waals surface area contributed by atoms with Crippen molar-refractivity contribution in [3.8, 4) is 44.5 Å². The molecule has 16 heteroatoms. The first-order valence-electron chi connectivity index (χ1n) is 29.1. The molecule has 4 unspecified atom stereocenters. The number of rotatable bonds is 12. The molecular formula is C68H62N4O12. The molecule has 4 aromatic carbocycles. The van der Waals surface area contributed by atoms with Crippen LogP contribution in [-0.2, 0) is 37.9 Å². The van der Waals surface area contributed by atoms with Gasteiger partial charge in [0.1, 0.15) is 0 Å². The van der Waals surface area contributed by atoms with Crippen molar-refractivity contribution in [2.24, 2.45) is 0 Å². The van der Waals surface area contributed by atoms with E-state index in [-0.39, 0.29) is 0 Å². The fraction of sp³-hybridized carbons (Fsp3) is 0.294. The molecule has 84 heavy (non-hydrogen) atoms. The zero-order valence-corrected chi connectivity index (χ0v) is 46.3. The monoisotopic (exact) mass is 1130 g/mol. The summed E-state index contributed by atoms with van der Waals surface area (Å²) in [5, 5.41) is 0. The number of nitrogens with zero attached hydrogens (tertiary/aromatic N) is 2.